The van der Waals surface area contributed by atoms with Crippen molar-refractivity contribution in [3.8, 4) is 11.3 Å². The molecule has 151 valence electrons. The van der Waals surface area contributed by atoms with Crippen molar-refractivity contribution in [2.45, 2.75) is 19.8 Å². The van der Waals surface area contributed by atoms with Crippen molar-refractivity contribution in [3.05, 3.63) is 109 Å². The van der Waals surface area contributed by atoms with E-state index in [1.165, 1.54) is 13.0 Å². The zero-order valence-electron chi connectivity index (χ0n) is 16.3. The molecule has 0 amide bonds. The second-order valence-electron chi connectivity index (χ2n) is 6.19. The van der Waals surface area contributed by atoms with E-state index < -0.39 is 0 Å². The van der Waals surface area contributed by atoms with Gasteiger partial charge < -0.3 is 10.1 Å². The smallest absolute Gasteiger partial charge is 0.159 e. The van der Waals surface area contributed by atoms with Crippen molar-refractivity contribution in [1.82, 2.24) is 4.98 Å². The minimum atomic E-state index is -0.0483. The largest absolute Gasteiger partial charge is 0.512 e. The molecule has 1 N–H and O–H groups in total. The summed E-state index contributed by atoms with van der Waals surface area (Å²) in [4.78, 5) is 15.5. The SMILES string of the molecule is C=Cc1ccc(CCC(=O)C=C(C)O)cc1.[Ir].[c-]1ccccc1-c1ccccn1. The number of nitrogens with zero attached hydrogens (tertiary/aromatic N) is 1. The number of carbonyl (C=O) groups excluding carboxylic acids is 1. The third kappa shape index (κ3) is 9.29. The minimum absolute atomic E-state index is 0. The van der Waals surface area contributed by atoms with E-state index in [1.807, 2.05) is 66.7 Å². The molecule has 0 bridgehead atoms. The molecule has 29 heavy (non-hydrogen) atoms. The van der Waals surface area contributed by atoms with Gasteiger partial charge in [0.05, 0.1) is 5.76 Å². The molecule has 1 aromatic heterocycles. The topological polar surface area (TPSA) is 50.2 Å². The molecule has 0 spiro atoms. The fourth-order valence-corrected chi connectivity index (χ4v) is 2.47. The van der Waals surface area contributed by atoms with Crippen molar-refractivity contribution in [3.63, 3.8) is 0 Å². The van der Waals surface area contributed by atoms with Gasteiger partial charge in [-0.25, -0.2) is 0 Å². The number of ketones is 1. The van der Waals surface area contributed by atoms with Crippen molar-refractivity contribution in [2.75, 3.05) is 0 Å². The van der Waals surface area contributed by atoms with Crippen LogP contribution in [0.4, 0.5) is 0 Å². The van der Waals surface area contributed by atoms with Crippen LogP contribution in [0.2, 0.25) is 0 Å². The Morgan fingerprint density at radius 3 is 2.38 bits per heavy atom. The number of benzene rings is 2. The van der Waals surface area contributed by atoms with Crippen molar-refractivity contribution < 1.29 is 30.0 Å². The second kappa shape index (κ2) is 13.4. The standard InChI is InChI=1S/C14H16O2.C11H8N.Ir/c1-3-12-4-6-13(7-5-12)8-9-14(16)10-11(2)15;1-2-6-10(7-3-1)11-8-4-5-9-12-11;/h3-7,10,15H,1,8-9H2,2H3;1-6,8-9H;/q;-1;. The summed E-state index contributed by atoms with van der Waals surface area (Å²) >= 11 is 0. The molecule has 3 rings (SSSR count). The van der Waals surface area contributed by atoms with Gasteiger partial charge in [0.1, 0.15) is 0 Å². The summed E-state index contributed by atoms with van der Waals surface area (Å²) in [6, 6.07) is 24.7. The first-order chi connectivity index (χ1) is 13.6. The Hall–Kier alpha value is -2.81. The number of carbonyl (C=O) groups is 1. The molecule has 0 saturated heterocycles. The van der Waals surface area contributed by atoms with Gasteiger partial charge in [0.25, 0.3) is 0 Å². The molecule has 4 heteroatoms. The van der Waals surface area contributed by atoms with E-state index in [0.29, 0.717) is 12.8 Å². The Morgan fingerprint density at radius 2 is 1.83 bits per heavy atom. The average molecular weight is 563 g/mol. The predicted molar refractivity (Wildman–Crippen MR) is 115 cm³/mol. The maximum atomic E-state index is 11.3. The summed E-state index contributed by atoms with van der Waals surface area (Å²) < 4.78 is 0. The summed E-state index contributed by atoms with van der Waals surface area (Å²) in [6.45, 7) is 5.17. The Morgan fingerprint density at radius 1 is 1.10 bits per heavy atom. The van der Waals surface area contributed by atoms with E-state index in [4.69, 9.17) is 5.11 Å². The Balaban J connectivity index is 0.000000289. The molecule has 0 atom stereocenters. The monoisotopic (exact) mass is 563 g/mol. The van der Waals surface area contributed by atoms with Crippen molar-refractivity contribution in [2.24, 2.45) is 0 Å². The second-order valence-corrected chi connectivity index (χ2v) is 6.19. The molecule has 2 aromatic carbocycles. The Kier molecular flexibility index (Phi) is 11.2. The van der Waals surface area contributed by atoms with Gasteiger partial charge >= 0.3 is 0 Å². The third-order valence-corrected chi connectivity index (χ3v) is 3.90. The molecule has 0 aliphatic carbocycles. The normalized spacial score (nSPS) is 10.2. The van der Waals surface area contributed by atoms with Crippen LogP contribution in [-0.2, 0) is 31.3 Å². The maximum absolute atomic E-state index is 11.3. The van der Waals surface area contributed by atoms with Crippen molar-refractivity contribution >= 4 is 11.9 Å². The van der Waals surface area contributed by atoms with Crippen LogP contribution in [-0.4, -0.2) is 15.9 Å². The molecule has 3 aromatic rings. The van der Waals surface area contributed by atoms with Crippen LogP contribution in [0.25, 0.3) is 17.3 Å². The van der Waals surface area contributed by atoms with Crippen LogP contribution in [0, 0.1) is 6.07 Å². The summed E-state index contributed by atoms with van der Waals surface area (Å²) in [7, 11) is 0. The van der Waals surface area contributed by atoms with Gasteiger partial charge in [0.15, 0.2) is 5.78 Å². The number of pyridine rings is 1. The van der Waals surface area contributed by atoms with Crippen LogP contribution in [0.1, 0.15) is 24.5 Å². The molecule has 0 aliphatic rings. The van der Waals surface area contributed by atoms with Gasteiger partial charge in [-0.15, -0.1) is 35.9 Å². The fourth-order valence-electron chi connectivity index (χ4n) is 2.47. The molecule has 3 nitrogen and oxygen atoms in total. The summed E-state index contributed by atoms with van der Waals surface area (Å²) in [5.41, 5.74) is 4.19. The van der Waals surface area contributed by atoms with Gasteiger partial charge in [0.2, 0.25) is 0 Å². The number of aryl methyl sites for hydroxylation is 1. The number of rotatable bonds is 6. The Labute approximate surface area is 186 Å². The number of aromatic nitrogens is 1. The fraction of sp³-hybridized carbons (Fsp3) is 0.120. The predicted octanol–water partition coefficient (Wildman–Crippen LogP) is 5.84. The van der Waals surface area contributed by atoms with Gasteiger partial charge in [-0.3, -0.25) is 4.79 Å². The van der Waals surface area contributed by atoms with Crippen LogP contribution in [0.5, 0.6) is 0 Å². The first kappa shape index (κ1) is 24.2. The van der Waals surface area contributed by atoms with E-state index >= 15 is 0 Å². The summed E-state index contributed by atoms with van der Waals surface area (Å²) in [5, 5.41) is 8.92. The maximum Gasteiger partial charge on any atom is 0.159 e. The first-order valence-corrected chi connectivity index (χ1v) is 9.08. The summed E-state index contributed by atoms with van der Waals surface area (Å²) in [5.74, 6) is 0.0137. The zero-order valence-corrected chi connectivity index (χ0v) is 18.7. The molecule has 0 aliphatic heterocycles. The molecular formula is C25H24IrNO2-. The molecule has 1 heterocycles. The quantitative estimate of drug-likeness (QED) is 0.233. The van der Waals surface area contributed by atoms with Gasteiger partial charge in [-0.05, 0) is 36.2 Å². The van der Waals surface area contributed by atoms with Crippen LogP contribution < -0.4 is 0 Å². The zero-order chi connectivity index (χ0) is 20.2. The number of aliphatic hydroxyl groups excluding tert-OH is 1. The van der Waals surface area contributed by atoms with Gasteiger partial charge in [0, 0.05) is 38.8 Å². The van der Waals surface area contributed by atoms with E-state index in [1.54, 1.807) is 12.3 Å². The Bertz CT molecular complexity index is 863. The molecule has 0 fully saturated rings. The third-order valence-electron chi connectivity index (χ3n) is 3.90. The number of hydrogen-bond acceptors (Lipinski definition) is 3. The van der Waals surface area contributed by atoms with Gasteiger partial charge in [-0.2, -0.15) is 0 Å². The number of allylic oxidation sites excluding steroid dienone is 2. The molecule has 0 saturated carbocycles. The van der Waals surface area contributed by atoms with Crippen LogP contribution in [0.3, 0.4) is 0 Å². The van der Waals surface area contributed by atoms with E-state index in [-0.39, 0.29) is 31.6 Å². The average Bonchev–Trinajstić information content (AvgIpc) is 2.74. The first-order valence-electron chi connectivity index (χ1n) is 9.08. The molecule has 0 unspecified atom stereocenters. The number of hydrogen-bond donors (Lipinski definition) is 1. The van der Waals surface area contributed by atoms with E-state index in [2.05, 4.69) is 17.6 Å². The van der Waals surface area contributed by atoms with Crippen LogP contribution >= 0.6 is 0 Å². The molecular weight excluding hydrogens is 538 g/mol. The van der Waals surface area contributed by atoms with Crippen molar-refractivity contribution in [1.29, 1.82) is 0 Å². The van der Waals surface area contributed by atoms with Gasteiger partial charge in [-0.1, -0.05) is 49.1 Å². The summed E-state index contributed by atoms with van der Waals surface area (Å²) in [6.07, 6.45) is 5.95. The van der Waals surface area contributed by atoms with E-state index in [9.17, 15) is 4.79 Å². The number of aliphatic hydroxyl groups is 1. The van der Waals surface area contributed by atoms with E-state index in [0.717, 1.165) is 22.4 Å². The minimum Gasteiger partial charge on any atom is -0.512 e. The molecule has 1 radical (unpaired) electrons. The van der Waals surface area contributed by atoms with Crippen LogP contribution in [0.15, 0.2) is 91.3 Å².